The van der Waals surface area contributed by atoms with Crippen molar-refractivity contribution in [2.45, 2.75) is 18.4 Å². The van der Waals surface area contributed by atoms with Gasteiger partial charge in [-0.25, -0.2) is 9.78 Å². The number of nitrogens with one attached hydrogen (secondary N) is 1. The van der Waals surface area contributed by atoms with E-state index in [2.05, 4.69) is 9.97 Å². The number of aryl methyl sites for hydroxylation is 2. The van der Waals surface area contributed by atoms with Crippen LogP contribution >= 0.6 is 0 Å². The van der Waals surface area contributed by atoms with Gasteiger partial charge in [0.2, 0.25) is 0 Å². The maximum atomic E-state index is 11.3. The van der Waals surface area contributed by atoms with Crippen LogP contribution in [0, 0.1) is 0 Å². The van der Waals surface area contributed by atoms with Crippen molar-refractivity contribution < 1.29 is 34.8 Å². The Balaban J connectivity index is 0.000000483. The molecule has 2 rings (SSSR count). The zero-order valence-electron chi connectivity index (χ0n) is 14.3. The summed E-state index contributed by atoms with van der Waals surface area (Å²) in [6, 6.07) is 0. The zero-order valence-corrected chi connectivity index (χ0v) is 17.8. The first-order chi connectivity index (χ1) is 11.9. The number of rotatable bonds is 5. The number of carboxylic acid groups (broad SMARTS) is 3. The molecule has 0 saturated heterocycles. The minimum atomic E-state index is -2.91. The molecule has 0 aromatic carbocycles. The van der Waals surface area contributed by atoms with E-state index in [-0.39, 0.29) is 45.5 Å². The summed E-state index contributed by atoms with van der Waals surface area (Å²) < 4.78 is 2.88. The van der Waals surface area contributed by atoms with Crippen LogP contribution in [0.4, 0.5) is 0 Å². The molecule has 14 heteroatoms. The molecule has 0 aliphatic carbocycles. The second kappa shape index (κ2) is 9.80. The standard InChI is InChI=1S/C7H8N4O2.C6H8O7.Sr/c1-10-3-8-5-4(10)6(12)9-7(13)11(5)2;7-3(8)1-6(13,5(11)12)2-4(9)10;/h3H,1-2H3,(H,9,12,13);13H,1-2H2,(H,7,8)(H,9,10)(H,11,12);/q;;+2/p-2. The number of fused-ring (bicyclic) bond motifs is 1. The number of hydrogen-bond acceptors (Lipinski definition) is 9. The molecule has 2 heterocycles. The Morgan fingerprint density at radius 1 is 1.22 bits per heavy atom. The van der Waals surface area contributed by atoms with Crippen molar-refractivity contribution in [1.29, 1.82) is 0 Å². The van der Waals surface area contributed by atoms with Gasteiger partial charge in [0.05, 0.1) is 18.7 Å². The van der Waals surface area contributed by atoms with Crippen molar-refractivity contribution in [2.24, 2.45) is 14.1 Å². The smallest absolute Gasteiger partial charge is 0.550 e. The molecule has 2 aromatic rings. The van der Waals surface area contributed by atoms with Crippen LogP contribution < -0.4 is 21.5 Å². The third-order valence-corrected chi connectivity index (χ3v) is 3.24. The Morgan fingerprint density at radius 2 is 1.78 bits per heavy atom. The molecule has 0 saturated carbocycles. The summed E-state index contributed by atoms with van der Waals surface area (Å²) in [5.41, 5.74) is -2.96. The minimum absolute atomic E-state index is 0. The van der Waals surface area contributed by atoms with Crippen LogP contribution in [0.5, 0.6) is 0 Å². The van der Waals surface area contributed by atoms with Gasteiger partial charge in [-0.1, -0.05) is 0 Å². The van der Waals surface area contributed by atoms with Crippen molar-refractivity contribution in [3.8, 4) is 0 Å². The van der Waals surface area contributed by atoms with E-state index in [1.165, 1.54) is 10.9 Å². The Kier molecular flexibility index (Phi) is 9.07. The van der Waals surface area contributed by atoms with Gasteiger partial charge < -0.3 is 34.6 Å². The van der Waals surface area contributed by atoms with E-state index in [9.17, 15) is 34.2 Å². The molecule has 0 aliphatic rings. The largest absolute Gasteiger partial charge is 2.00 e. The SMILES string of the molecule is Cn1cnc2c1c(=O)[nH]c(=O)n2C.O=C([O-])CC(O)(CC(=O)O)C(=O)[O-].[Sr+2]. The van der Waals surface area contributed by atoms with Crippen LogP contribution in [0.15, 0.2) is 15.9 Å². The molecule has 0 aliphatic heterocycles. The fourth-order valence-electron chi connectivity index (χ4n) is 1.96. The Bertz CT molecular complexity index is 958. The second-order valence-corrected chi connectivity index (χ2v) is 5.28. The van der Waals surface area contributed by atoms with Crippen LogP contribution in [-0.2, 0) is 28.5 Å². The normalized spacial score (nSPS) is 12.3. The van der Waals surface area contributed by atoms with E-state index in [1.807, 2.05) is 0 Å². The average molecular weight is 458 g/mol. The van der Waals surface area contributed by atoms with E-state index in [0.717, 1.165) is 0 Å². The van der Waals surface area contributed by atoms with Gasteiger partial charge in [0.1, 0.15) is 5.60 Å². The first-order valence-electron chi connectivity index (χ1n) is 6.85. The molecule has 0 fully saturated rings. The molecule has 1 unspecified atom stereocenters. The van der Waals surface area contributed by atoms with Gasteiger partial charge in [-0.3, -0.25) is 19.1 Å². The van der Waals surface area contributed by atoms with Crippen LogP contribution in [0.25, 0.3) is 11.2 Å². The summed E-state index contributed by atoms with van der Waals surface area (Å²) in [5, 5.41) is 37.2. The monoisotopic (exact) mass is 458 g/mol. The maximum Gasteiger partial charge on any atom is 2.00 e. The first-order valence-corrected chi connectivity index (χ1v) is 6.85. The summed E-state index contributed by atoms with van der Waals surface area (Å²) in [5.74, 6) is -5.67. The van der Waals surface area contributed by atoms with E-state index >= 15 is 0 Å². The van der Waals surface area contributed by atoms with Crippen LogP contribution in [0.2, 0.25) is 0 Å². The number of nitrogens with zero attached hydrogens (tertiary/aromatic N) is 3. The summed E-state index contributed by atoms with van der Waals surface area (Å²) >= 11 is 0. The number of H-pyrrole nitrogens is 1. The van der Waals surface area contributed by atoms with Crippen molar-refractivity contribution in [3.05, 3.63) is 27.2 Å². The summed E-state index contributed by atoms with van der Waals surface area (Å²) in [4.78, 5) is 58.7. The molecular formula is C13H14N4O9Sr. The van der Waals surface area contributed by atoms with E-state index in [4.69, 9.17) is 10.2 Å². The third kappa shape index (κ3) is 6.28. The van der Waals surface area contributed by atoms with Crippen LogP contribution in [-0.4, -0.2) is 98.3 Å². The number of aliphatic hydroxyl groups is 1. The fourth-order valence-corrected chi connectivity index (χ4v) is 1.96. The molecule has 2 aromatic heterocycles. The maximum absolute atomic E-state index is 11.3. The van der Waals surface area contributed by atoms with Crippen LogP contribution in [0.3, 0.4) is 0 Å². The average Bonchev–Trinajstić information content (AvgIpc) is 2.86. The predicted octanol–water partition coefficient (Wildman–Crippen LogP) is -5.34. The quantitative estimate of drug-likeness (QED) is 0.362. The van der Waals surface area contributed by atoms with Crippen LogP contribution in [0.1, 0.15) is 12.8 Å². The number of imidazole rings is 1. The number of carbonyl (C=O) groups excluding carboxylic acids is 2. The molecule has 1 atom stereocenters. The van der Waals surface area contributed by atoms with Gasteiger partial charge in [0.25, 0.3) is 5.56 Å². The second-order valence-electron chi connectivity index (χ2n) is 5.28. The zero-order chi connectivity index (χ0) is 20.2. The molecule has 0 bridgehead atoms. The fraction of sp³-hybridized carbons (Fsp3) is 0.385. The van der Waals surface area contributed by atoms with Crippen molar-refractivity contribution in [1.82, 2.24) is 19.1 Å². The number of aromatic amines is 1. The van der Waals surface area contributed by atoms with Gasteiger partial charge in [0, 0.05) is 26.5 Å². The molecule has 13 nitrogen and oxygen atoms in total. The summed E-state index contributed by atoms with van der Waals surface area (Å²) in [6.07, 6.45) is -1.07. The third-order valence-electron chi connectivity index (χ3n) is 3.24. The van der Waals surface area contributed by atoms with Crippen molar-refractivity contribution in [2.75, 3.05) is 0 Å². The Labute approximate surface area is 187 Å². The van der Waals surface area contributed by atoms with E-state index in [1.54, 1.807) is 18.7 Å². The molecule has 27 heavy (non-hydrogen) atoms. The predicted molar refractivity (Wildman–Crippen MR) is 84.2 cm³/mol. The molecule has 142 valence electrons. The Hall–Kier alpha value is -2.00. The summed E-state index contributed by atoms with van der Waals surface area (Å²) in [7, 11) is 3.27. The van der Waals surface area contributed by atoms with Gasteiger partial charge in [-0.2, -0.15) is 0 Å². The number of carbonyl (C=O) groups is 3. The number of carboxylic acids is 3. The number of aromatic nitrogens is 4. The van der Waals surface area contributed by atoms with Crippen molar-refractivity contribution >= 4 is 74.6 Å². The van der Waals surface area contributed by atoms with Gasteiger partial charge in [0.15, 0.2) is 11.2 Å². The minimum Gasteiger partial charge on any atom is -0.550 e. The van der Waals surface area contributed by atoms with Crippen molar-refractivity contribution in [3.63, 3.8) is 0 Å². The topological polar surface area (TPSA) is 210 Å². The summed E-state index contributed by atoms with van der Waals surface area (Å²) in [6.45, 7) is 0. The van der Waals surface area contributed by atoms with E-state index in [0.29, 0.717) is 11.2 Å². The first kappa shape index (κ1) is 25.0. The number of aliphatic carboxylic acids is 3. The number of hydrogen-bond donors (Lipinski definition) is 3. The molecular weight excluding hydrogens is 444 g/mol. The van der Waals surface area contributed by atoms with Gasteiger partial charge >= 0.3 is 57.1 Å². The van der Waals surface area contributed by atoms with E-state index < -0.39 is 47.6 Å². The molecule has 0 spiro atoms. The molecule has 0 amide bonds. The van der Waals surface area contributed by atoms with Gasteiger partial charge in [-0.15, -0.1) is 0 Å². The molecule has 3 N–H and O–H groups in total. The molecule has 0 radical (unpaired) electrons. The Morgan fingerprint density at radius 3 is 2.22 bits per heavy atom. The van der Waals surface area contributed by atoms with Gasteiger partial charge in [-0.05, 0) is 0 Å².